The van der Waals surface area contributed by atoms with Crippen LogP contribution in [0.3, 0.4) is 0 Å². The molecule has 8 nitrogen and oxygen atoms in total. The van der Waals surface area contributed by atoms with Gasteiger partial charge in [0.15, 0.2) is 5.65 Å². The quantitative estimate of drug-likeness (QED) is 0.296. The average molecular weight is 539 g/mol. The van der Waals surface area contributed by atoms with Crippen molar-refractivity contribution in [2.75, 3.05) is 5.32 Å². The van der Waals surface area contributed by atoms with Crippen molar-refractivity contribution in [2.24, 2.45) is 0 Å². The van der Waals surface area contributed by atoms with Crippen molar-refractivity contribution >= 4 is 44.2 Å². The van der Waals surface area contributed by atoms with Crippen molar-refractivity contribution in [3.8, 4) is 16.3 Å². The topological polar surface area (TPSA) is 94.7 Å². The molecule has 1 N–H and O–H groups in total. The van der Waals surface area contributed by atoms with Gasteiger partial charge < -0.3 is 5.32 Å². The normalized spacial score (nSPS) is 11.4. The van der Waals surface area contributed by atoms with Gasteiger partial charge in [0.2, 0.25) is 5.91 Å². The van der Waals surface area contributed by atoms with Crippen LogP contribution in [0, 0.1) is 19.7 Å². The summed E-state index contributed by atoms with van der Waals surface area (Å²) in [6.45, 7) is 3.94. The first-order valence-corrected chi connectivity index (χ1v) is 13.2. The van der Waals surface area contributed by atoms with Gasteiger partial charge in [-0.2, -0.15) is 5.10 Å². The highest BCUT2D eigenvalue weighted by molar-refractivity contribution is 7.21. The number of halogens is 1. The monoisotopic (exact) mass is 538 g/mol. The van der Waals surface area contributed by atoms with E-state index in [0.717, 1.165) is 20.8 Å². The Bertz CT molecular complexity index is 1910. The lowest BCUT2D eigenvalue weighted by atomic mass is 10.2. The minimum Gasteiger partial charge on any atom is -0.326 e. The average Bonchev–Trinajstić information content (AvgIpc) is 3.54. The minimum absolute atomic E-state index is 0.0962. The lowest BCUT2D eigenvalue weighted by molar-refractivity contribution is -0.116. The summed E-state index contributed by atoms with van der Waals surface area (Å²) in [5, 5.41) is 8.41. The van der Waals surface area contributed by atoms with Crippen molar-refractivity contribution < 1.29 is 9.18 Å². The van der Waals surface area contributed by atoms with Crippen LogP contribution in [0.15, 0.2) is 77.7 Å². The number of amides is 1. The molecular formula is C29H23FN6O2S. The molecule has 194 valence electrons. The number of thiazole rings is 1. The summed E-state index contributed by atoms with van der Waals surface area (Å²) in [6, 6.07) is 19.6. The molecule has 1 amide bonds. The number of hydrogen-bond donors (Lipinski definition) is 1. The molecule has 3 aromatic heterocycles. The fourth-order valence-corrected chi connectivity index (χ4v) is 5.50. The molecule has 0 fully saturated rings. The van der Waals surface area contributed by atoms with E-state index in [4.69, 9.17) is 4.98 Å². The first-order chi connectivity index (χ1) is 18.9. The van der Waals surface area contributed by atoms with E-state index in [0.29, 0.717) is 28.2 Å². The molecule has 0 aliphatic rings. The Morgan fingerprint density at radius 3 is 2.54 bits per heavy atom. The standard InChI is InChI=1S/C29H23FN6O2S/c1-17-3-12-24-25(15-17)39-28(34-24)19-4-8-21(9-5-19)33-26(37)13-14-35-18(2)32-27-23(29(35)38)16-31-36(27)22-10-6-20(30)7-11-22/h3-12,15-16H,13-14H2,1-2H3,(H,33,37). The molecule has 0 spiro atoms. The fourth-order valence-electron chi connectivity index (χ4n) is 4.43. The molecule has 0 radical (unpaired) electrons. The van der Waals surface area contributed by atoms with E-state index in [1.165, 1.54) is 33.1 Å². The Balaban J connectivity index is 1.14. The zero-order valence-corrected chi connectivity index (χ0v) is 22.0. The maximum Gasteiger partial charge on any atom is 0.264 e. The van der Waals surface area contributed by atoms with Gasteiger partial charge in [0.05, 0.1) is 22.1 Å². The summed E-state index contributed by atoms with van der Waals surface area (Å²) in [7, 11) is 0. The van der Waals surface area contributed by atoms with E-state index >= 15 is 0 Å². The SMILES string of the molecule is Cc1ccc2nc(-c3ccc(NC(=O)CCn4c(C)nc5c(cnn5-c5ccc(F)cc5)c4=O)cc3)sc2c1. The third-order valence-corrected chi connectivity index (χ3v) is 7.54. The molecule has 0 unspecified atom stereocenters. The van der Waals surface area contributed by atoms with Gasteiger partial charge in [-0.3, -0.25) is 14.2 Å². The van der Waals surface area contributed by atoms with Crippen molar-refractivity contribution in [3.63, 3.8) is 0 Å². The first kappa shape index (κ1) is 24.6. The molecule has 0 saturated heterocycles. The van der Waals surface area contributed by atoms with E-state index < -0.39 is 0 Å². The molecular weight excluding hydrogens is 515 g/mol. The number of nitrogens with one attached hydrogen (secondary N) is 1. The maximum atomic E-state index is 13.3. The van der Waals surface area contributed by atoms with Gasteiger partial charge in [-0.05, 0) is 80.1 Å². The smallest absolute Gasteiger partial charge is 0.264 e. The van der Waals surface area contributed by atoms with Gasteiger partial charge in [-0.1, -0.05) is 6.07 Å². The zero-order valence-electron chi connectivity index (χ0n) is 21.2. The van der Waals surface area contributed by atoms with Gasteiger partial charge in [0.25, 0.3) is 5.56 Å². The molecule has 0 atom stereocenters. The maximum absolute atomic E-state index is 13.3. The summed E-state index contributed by atoms with van der Waals surface area (Å²) in [4.78, 5) is 35.1. The van der Waals surface area contributed by atoms with E-state index in [1.54, 1.807) is 30.4 Å². The van der Waals surface area contributed by atoms with Crippen LogP contribution < -0.4 is 10.9 Å². The lowest BCUT2D eigenvalue weighted by Gasteiger charge is -2.11. The van der Waals surface area contributed by atoms with Crippen LogP contribution >= 0.6 is 11.3 Å². The van der Waals surface area contributed by atoms with E-state index in [1.807, 2.05) is 30.3 Å². The van der Waals surface area contributed by atoms with Gasteiger partial charge in [-0.15, -0.1) is 11.3 Å². The molecule has 0 bridgehead atoms. The Kier molecular flexibility index (Phi) is 6.24. The Morgan fingerprint density at radius 2 is 1.77 bits per heavy atom. The number of carbonyl (C=O) groups excluding carboxylic acids is 1. The number of rotatable bonds is 6. The van der Waals surface area contributed by atoms with Gasteiger partial charge in [0, 0.05) is 24.2 Å². The molecule has 39 heavy (non-hydrogen) atoms. The number of aryl methyl sites for hydroxylation is 2. The summed E-state index contributed by atoms with van der Waals surface area (Å²) in [5.41, 5.74) is 4.51. The molecule has 3 heterocycles. The van der Waals surface area contributed by atoms with E-state index in [-0.39, 0.29) is 30.2 Å². The third-order valence-electron chi connectivity index (χ3n) is 6.47. The lowest BCUT2D eigenvalue weighted by Crippen LogP contribution is -2.26. The Hall–Kier alpha value is -4.70. The van der Waals surface area contributed by atoms with E-state index in [2.05, 4.69) is 34.5 Å². The fraction of sp³-hybridized carbons (Fsp3) is 0.138. The van der Waals surface area contributed by atoms with Crippen LogP contribution in [-0.4, -0.2) is 30.2 Å². The minimum atomic E-state index is -0.362. The molecule has 0 saturated carbocycles. The van der Waals surface area contributed by atoms with Crippen LogP contribution in [0.1, 0.15) is 17.8 Å². The van der Waals surface area contributed by atoms with Gasteiger partial charge in [0.1, 0.15) is 22.0 Å². The van der Waals surface area contributed by atoms with Crippen LogP contribution in [0.25, 0.3) is 37.5 Å². The Labute approximate surface area is 226 Å². The van der Waals surface area contributed by atoms with Crippen LogP contribution in [-0.2, 0) is 11.3 Å². The predicted octanol–water partition coefficient (Wildman–Crippen LogP) is 5.64. The number of hydrogen-bond acceptors (Lipinski definition) is 6. The largest absolute Gasteiger partial charge is 0.326 e. The number of anilines is 1. The van der Waals surface area contributed by atoms with Crippen LogP contribution in [0.5, 0.6) is 0 Å². The van der Waals surface area contributed by atoms with Crippen LogP contribution in [0.4, 0.5) is 10.1 Å². The molecule has 0 aliphatic heterocycles. The molecule has 10 heteroatoms. The number of benzene rings is 3. The number of nitrogens with zero attached hydrogens (tertiary/aromatic N) is 5. The summed E-state index contributed by atoms with van der Waals surface area (Å²) in [5.74, 6) is -0.120. The number of carbonyl (C=O) groups is 1. The van der Waals surface area contributed by atoms with Crippen LogP contribution in [0.2, 0.25) is 0 Å². The van der Waals surface area contributed by atoms with Crippen molar-refractivity contribution in [2.45, 2.75) is 26.8 Å². The van der Waals surface area contributed by atoms with Gasteiger partial charge in [-0.25, -0.2) is 19.0 Å². The Morgan fingerprint density at radius 1 is 1.00 bits per heavy atom. The predicted molar refractivity (Wildman–Crippen MR) is 151 cm³/mol. The van der Waals surface area contributed by atoms with Crippen molar-refractivity contribution in [1.29, 1.82) is 0 Å². The molecule has 6 rings (SSSR count). The summed E-state index contributed by atoms with van der Waals surface area (Å²) < 4.78 is 17.4. The highest BCUT2D eigenvalue weighted by Gasteiger charge is 2.15. The van der Waals surface area contributed by atoms with Crippen molar-refractivity contribution in [1.82, 2.24) is 24.3 Å². The highest BCUT2D eigenvalue weighted by Crippen LogP contribution is 2.31. The first-order valence-electron chi connectivity index (χ1n) is 12.3. The second-order valence-electron chi connectivity index (χ2n) is 9.25. The molecule has 0 aliphatic carbocycles. The summed E-state index contributed by atoms with van der Waals surface area (Å²) >= 11 is 1.64. The highest BCUT2D eigenvalue weighted by atomic mass is 32.1. The molecule has 6 aromatic rings. The summed E-state index contributed by atoms with van der Waals surface area (Å²) in [6.07, 6.45) is 1.54. The second kappa shape index (κ2) is 9.88. The van der Waals surface area contributed by atoms with Gasteiger partial charge >= 0.3 is 0 Å². The van der Waals surface area contributed by atoms with Crippen molar-refractivity contribution in [3.05, 3.63) is 100 Å². The molecule has 3 aromatic carbocycles. The third kappa shape index (κ3) is 4.82. The number of aromatic nitrogens is 5. The number of fused-ring (bicyclic) bond motifs is 2. The zero-order chi connectivity index (χ0) is 27.1. The van der Waals surface area contributed by atoms with E-state index in [9.17, 15) is 14.0 Å². The second-order valence-corrected chi connectivity index (χ2v) is 10.3.